The lowest BCUT2D eigenvalue weighted by atomic mass is 9.83. The van der Waals surface area contributed by atoms with Crippen LogP contribution in [0, 0.1) is 0 Å². The summed E-state index contributed by atoms with van der Waals surface area (Å²) in [5.74, 6) is 0. The molecule has 0 atom stereocenters. The quantitative estimate of drug-likeness (QED) is 0.301. The molecule has 0 N–H and O–H groups in total. The van der Waals surface area contributed by atoms with Crippen molar-refractivity contribution in [1.82, 2.24) is 4.57 Å². The fraction of sp³-hybridized carbons (Fsp3) is 0.154. The Morgan fingerprint density at radius 2 is 1.00 bits per heavy atom. The molecule has 4 aromatic carbocycles. The average Bonchev–Trinajstić information content (AvgIpc) is 3.01. The minimum Gasteiger partial charge on any atom is -0.309 e. The van der Waals surface area contributed by atoms with E-state index in [2.05, 4.69) is 110 Å². The van der Waals surface area contributed by atoms with E-state index in [9.17, 15) is 0 Å². The maximum absolute atomic E-state index is 2.42. The van der Waals surface area contributed by atoms with Crippen LogP contribution >= 0.6 is 0 Å². The molecule has 0 spiro atoms. The summed E-state index contributed by atoms with van der Waals surface area (Å²) in [6, 6.07) is 30.8. The van der Waals surface area contributed by atoms with Gasteiger partial charge < -0.3 is 4.57 Å². The number of hydrogen-bond donors (Lipinski definition) is 0. The molecule has 1 aromatic heterocycles. The van der Waals surface area contributed by atoms with Crippen molar-refractivity contribution < 1.29 is 0 Å². The van der Waals surface area contributed by atoms with Crippen LogP contribution in [0.3, 0.4) is 0 Å². The summed E-state index contributed by atoms with van der Waals surface area (Å²) in [7, 11) is 0. The van der Waals surface area contributed by atoms with E-state index in [1.807, 2.05) is 0 Å². The minimum atomic E-state index is 0.110. The summed E-state index contributed by atoms with van der Waals surface area (Å²) in [5.41, 5.74) is 5.26. The van der Waals surface area contributed by atoms with E-state index in [4.69, 9.17) is 0 Å². The highest BCUT2D eigenvalue weighted by atomic mass is 15.0. The second kappa shape index (κ2) is 5.72. The standard InChI is InChI=1S/C26H23N/c1-26(2,3)22-16-17-25(19-11-5-4-10-18(19)22)27-23-14-8-6-12-20(23)21-13-7-9-15-24(21)27/h4-17H,1-3H3. The van der Waals surface area contributed by atoms with E-state index < -0.39 is 0 Å². The Balaban J connectivity index is 1.96. The molecule has 0 saturated carbocycles. The number of para-hydroxylation sites is 2. The van der Waals surface area contributed by atoms with Crippen LogP contribution in [0.2, 0.25) is 0 Å². The molecular weight excluding hydrogens is 326 g/mol. The van der Waals surface area contributed by atoms with Gasteiger partial charge in [-0.1, -0.05) is 87.5 Å². The van der Waals surface area contributed by atoms with Crippen molar-refractivity contribution in [3.05, 3.63) is 90.5 Å². The van der Waals surface area contributed by atoms with Crippen molar-refractivity contribution in [1.29, 1.82) is 0 Å². The number of hydrogen-bond acceptors (Lipinski definition) is 0. The average molecular weight is 349 g/mol. The van der Waals surface area contributed by atoms with Gasteiger partial charge >= 0.3 is 0 Å². The van der Waals surface area contributed by atoms with Gasteiger partial charge in [-0.15, -0.1) is 0 Å². The maximum atomic E-state index is 2.42. The molecule has 5 aromatic rings. The van der Waals surface area contributed by atoms with Gasteiger partial charge in [0.1, 0.15) is 0 Å². The van der Waals surface area contributed by atoms with Crippen LogP contribution < -0.4 is 0 Å². The molecule has 0 aliphatic rings. The second-order valence-corrected chi connectivity index (χ2v) is 8.30. The summed E-state index contributed by atoms with van der Waals surface area (Å²) in [4.78, 5) is 0. The highest BCUT2D eigenvalue weighted by Crippen LogP contribution is 2.37. The smallest absolute Gasteiger partial charge is 0.0541 e. The third kappa shape index (κ3) is 2.39. The fourth-order valence-corrected chi connectivity index (χ4v) is 4.31. The van der Waals surface area contributed by atoms with Crippen molar-refractivity contribution in [3.8, 4) is 5.69 Å². The molecule has 27 heavy (non-hydrogen) atoms. The van der Waals surface area contributed by atoms with E-state index in [0.717, 1.165) is 0 Å². The first-order valence-corrected chi connectivity index (χ1v) is 9.56. The number of rotatable bonds is 1. The Morgan fingerprint density at radius 3 is 1.56 bits per heavy atom. The van der Waals surface area contributed by atoms with Crippen molar-refractivity contribution in [2.24, 2.45) is 0 Å². The van der Waals surface area contributed by atoms with E-state index in [1.165, 1.54) is 43.8 Å². The fourth-order valence-electron chi connectivity index (χ4n) is 4.31. The highest BCUT2D eigenvalue weighted by Gasteiger charge is 2.19. The molecule has 0 fully saturated rings. The Bertz CT molecular complexity index is 1250. The van der Waals surface area contributed by atoms with E-state index in [-0.39, 0.29) is 5.41 Å². The van der Waals surface area contributed by atoms with E-state index >= 15 is 0 Å². The molecule has 0 amide bonds. The SMILES string of the molecule is CC(C)(C)c1ccc(-n2c3ccccc3c3ccccc32)c2ccccc12. The van der Waals surface area contributed by atoms with Crippen LogP contribution in [0.25, 0.3) is 38.3 Å². The van der Waals surface area contributed by atoms with Crippen molar-refractivity contribution in [2.75, 3.05) is 0 Å². The van der Waals surface area contributed by atoms with Crippen LogP contribution in [0.15, 0.2) is 84.9 Å². The van der Waals surface area contributed by atoms with Crippen LogP contribution in [0.5, 0.6) is 0 Å². The summed E-state index contributed by atoms with van der Waals surface area (Å²) >= 11 is 0. The Labute approximate surface area is 159 Å². The van der Waals surface area contributed by atoms with Gasteiger partial charge in [0.15, 0.2) is 0 Å². The lowest BCUT2D eigenvalue weighted by Crippen LogP contribution is -2.12. The van der Waals surface area contributed by atoms with Crippen molar-refractivity contribution in [3.63, 3.8) is 0 Å². The van der Waals surface area contributed by atoms with Gasteiger partial charge in [-0.05, 0) is 34.6 Å². The first-order valence-electron chi connectivity index (χ1n) is 9.56. The molecule has 1 heteroatoms. The molecule has 5 rings (SSSR count). The molecule has 1 nitrogen and oxygen atoms in total. The van der Waals surface area contributed by atoms with Crippen molar-refractivity contribution >= 4 is 32.6 Å². The summed E-state index contributed by atoms with van der Waals surface area (Å²) in [6.45, 7) is 6.86. The monoisotopic (exact) mass is 349 g/mol. The van der Waals surface area contributed by atoms with Crippen LogP contribution in [0.4, 0.5) is 0 Å². The molecular formula is C26H23N. The zero-order valence-corrected chi connectivity index (χ0v) is 16.0. The lowest BCUT2D eigenvalue weighted by molar-refractivity contribution is 0.596. The molecule has 1 heterocycles. The molecule has 132 valence electrons. The van der Waals surface area contributed by atoms with Crippen LogP contribution in [-0.4, -0.2) is 4.57 Å². The Hall–Kier alpha value is -3.06. The van der Waals surface area contributed by atoms with Crippen LogP contribution in [0.1, 0.15) is 26.3 Å². The molecule has 0 saturated heterocycles. The summed E-state index contributed by atoms with van der Waals surface area (Å²) < 4.78 is 2.42. The first-order chi connectivity index (χ1) is 13.1. The first kappa shape index (κ1) is 16.1. The van der Waals surface area contributed by atoms with Crippen molar-refractivity contribution in [2.45, 2.75) is 26.2 Å². The van der Waals surface area contributed by atoms with E-state index in [0.29, 0.717) is 0 Å². The van der Waals surface area contributed by atoms with Gasteiger partial charge in [0.05, 0.1) is 16.7 Å². The molecule has 0 aliphatic carbocycles. The van der Waals surface area contributed by atoms with E-state index in [1.54, 1.807) is 0 Å². The van der Waals surface area contributed by atoms with Gasteiger partial charge in [-0.2, -0.15) is 0 Å². The van der Waals surface area contributed by atoms with Gasteiger partial charge in [-0.25, -0.2) is 0 Å². The molecule has 0 bridgehead atoms. The predicted octanol–water partition coefficient (Wildman–Crippen LogP) is 7.23. The number of fused-ring (bicyclic) bond motifs is 4. The maximum Gasteiger partial charge on any atom is 0.0541 e. The Morgan fingerprint density at radius 1 is 0.519 bits per heavy atom. The molecule has 0 radical (unpaired) electrons. The number of nitrogens with zero attached hydrogens (tertiary/aromatic N) is 1. The second-order valence-electron chi connectivity index (χ2n) is 8.30. The van der Waals surface area contributed by atoms with Gasteiger partial charge in [-0.3, -0.25) is 0 Å². The topological polar surface area (TPSA) is 4.93 Å². The normalized spacial score (nSPS) is 12.3. The highest BCUT2D eigenvalue weighted by molar-refractivity contribution is 6.10. The summed E-state index contributed by atoms with van der Waals surface area (Å²) in [5, 5.41) is 5.25. The van der Waals surface area contributed by atoms with Crippen LogP contribution in [-0.2, 0) is 5.41 Å². The Kier molecular flexibility index (Phi) is 3.42. The predicted molar refractivity (Wildman–Crippen MR) is 117 cm³/mol. The zero-order valence-electron chi connectivity index (χ0n) is 16.0. The lowest BCUT2D eigenvalue weighted by Gasteiger charge is -2.23. The number of aromatic nitrogens is 1. The molecule has 0 unspecified atom stereocenters. The molecule has 0 aliphatic heterocycles. The minimum absolute atomic E-state index is 0.110. The van der Waals surface area contributed by atoms with Gasteiger partial charge in [0.2, 0.25) is 0 Å². The number of benzene rings is 4. The third-order valence-electron chi connectivity index (χ3n) is 5.53. The zero-order chi connectivity index (χ0) is 18.6. The van der Waals surface area contributed by atoms with Gasteiger partial charge in [0.25, 0.3) is 0 Å². The van der Waals surface area contributed by atoms with Gasteiger partial charge in [0, 0.05) is 16.2 Å². The summed E-state index contributed by atoms with van der Waals surface area (Å²) in [6.07, 6.45) is 0. The third-order valence-corrected chi connectivity index (χ3v) is 5.53. The largest absolute Gasteiger partial charge is 0.309 e.